The molecule has 0 aliphatic heterocycles. The first-order chi connectivity index (χ1) is 13.5. The van der Waals surface area contributed by atoms with Gasteiger partial charge in [-0.1, -0.05) is 35.9 Å². The molecule has 1 heterocycles. The second-order valence-electron chi connectivity index (χ2n) is 6.45. The van der Waals surface area contributed by atoms with Crippen LogP contribution in [0.3, 0.4) is 0 Å². The molecule has 0 bridgehead atoms. The minimum absolute atomic E-state index is 0.127. The van der Waals surface area contributed by atoms with E-state index < -0.39 is 40.4 Å². The number of anilines is 1. The average Bonchev–Trinajstić information content (AvgIpc) is 2.93. The number of carbonyl (C=O) groups is 1. The number of carbonyl (C=O) groups excluding carboxylic acids is 1. The lowest BCUT2D eigenvalue weighted by atomic mass is 9.94. The van der Waals surface area contributed by atoms with E-state index in [0.29, 0.717) is 10.6 Å². The number of rotatable bonds is 3. The van der Waals surface area contributed by atoms with Crippen molar-refractivity contribution in [2.24, 2.45) is 0 Å². The summed E-state index contributed by atoms with van der Waals surface area (Å²) in [5.74, 6) is -1.96. The second kappa shape index (κ2) is 7.36. The summed E-state index contributed by atoms with van der Waals surface area (Å²) < 4.78 is 47.1. The van der Waals surface area contributed by atoms with Crippen LogP contribution in [0.15, 0.2) is 46.9 Å². The maximum absolute atomic E-state index is 13.9. The zero-order valence-electron chi connectivity index (χ0n) is 15.3. The molecule has 0 unspecified atom stereocenters. The van der Waals surface area contributed by atoms with Gasteiger partial charge in [0.15, 0.2) is 11.5 Å². The van der Waals surface area contributed by atoms with Crippen molar-refractivity contribution in [2.75, 3.05) is 19.8 Å². The highest BCUT2D eigenvalue weighted by Crippen LogP contribution is 2.49. The van der Waals surface area contributed by atoms with Crippen LogP contribution in [0.2, 0.25) is 5.02 Å². The topological polar surface area (TPSA) is 79.7 Å². The molecule has 1 aromatic heterocycles. The molecule has 0 saturated heterocycles. The summed E-state index contributed by atoms with van der Waals surface area (Å²) >= 11 is 5.94. The second-order valence-corrected chi connectivity index (χ2v) is 6.89. The van der Waals surface area contributed by atoms with Crippen LogP contribution in [0.5, 0.6) is 5.75 Å². The number of nitrogen functional groups attached to an aromatic ring is 1. The minimum Gasteiger partial charge on any atom is -0.504 e. The summed E-state index contributed by atoms with van der Waals surface area (Å²) in [6.07, 6.45) is -4.88. The Morgan fingerprint density at radius 1 is 1.17 bits per heavy atom. The minimum atomic E-state index is -4.88. The van der Waals surface area contributed by atoms with Gasteiger partial charge < -0.3 is 20.2 Å². The van der Waals surface area contributed by atoms with Gasteiger partial charge in [0.25, 0.3) is 5.91 Å². The van der Waals surface area contributed by atoms with Gasteiger partial charge in [0.1, 0.15) is 0 Å². The monoisotopic (exact) mass is 424 g/mol. The van der Waals surface area contributed by atoms with E-state index in [4.69, 9.17) is 21.8 Å². The summed E-state index contributed by atoms with van der Waals surface area (Å²) in [5, 5.41) is 11.0. The third kappa shape index (κ3) is 3.75. The third-order valence-corrected chi connectivity index (χ3v) is 4.49. The Kier molecular flexibility index (Phi) is 5.23. The van der Waals surface area contributed by atoms with Gasteiger partial charge in [0.05, 0.1) is 16.7 Å². The molecule has 0 fully saturated rings. The highest BCUT2D eigenvalue weighted by molar-refractivity contribution is 6.30. The smallest absolute Gasteiger partial charge is 0.417 e. The molecule has 5 nitrogen and oxygen atoms in total. The highest BCUT2D eigenvalue weighted by atomic mass is 35.5. The van der Waals surface area contributed by atoms with Gasteiger partial charge >= 0.3 is 6.18 Å². The standard InChI is InChI=1S/C20H16ClF3N2O3/c1-26(2)19(28)13-8-4-7-12(15(13)20(22,23)24)14-16(27)17(29-18(14)25)10-5-3-6-11(21)9-10/h3-9,27H,25H2,1-2H3. The first kappa shape index (κ1) is 20.6. The van der Waals surface area contributed by atoms with E-state index in [9.17, 15) is 23.1 Å². The van der Waals surface area contributed by atoms with Crippen LogP contribution < -0.4 is 5.73 Å². The SMILES string of the molecule is CN(C)C(=O)c1cccc(-c2c(N)oc(-c3cccc(Cl)c3)c2O)c1C(F)(F)F. The van der Waals surface area contributed by atoms with Gasteiger partial charge in [0.2, 0.25) is 5.88 Å². The Balaban J connectivity index is 2.30. The number of amides is 1. The fourth-order valence-electron chi connectivity index (χ4n) is 3.01. The summed E-state index contributed by atoms with van der Waals surface area (Å²) in [7, 11) is 2.69. The van der Waals surface area contributed by atoms with Gasteiger partial charge in [-0.2, -0.15) is 13.2 Å². The van der Waals surface area contributed by atoms with E-state index in [2.05, 4.69) is 0 Å². The molecule has 152 valence electrons. The lowest BCUT2D eigenvalue weighted by Crippen LogP contribution is -2.25. The summed E-state index contributed by atoms with van der Waals surface area (Å²) in [6, 6.07) is 9.69. The molecular formula is C20H16ClF3N2O3. The molecule has 29 heavy (non-hydrogen) atoms. The van der Waals surface area contributed by atoms with E-state index >= 15 is 0 Å². The van der Waals surface area contributed by atoms with Crippen molar-refractivity contribution in [3.8, 4) is 28.2 Å². The molecule has 1 amide bonds. The molecular weight excluding hydrogens is 409 g/mol. The lowest BCUT2D eigenvalue weighted by molar-refractivity contribution is -0.137. The van der Waals surface area contributed by atoms with Crippen LogP contribution in [0.4, 0.5) is 19.1 Å². The molecule has 3 rings (SSSR count). The Morgan fingerprint density at radius 2 is 1.83 bits per heavy atom. The van der Waals surface area contributed by atoms with Gasteiger partial charge in [-0.15, -0.1) is 0 Å². The van der Waals surface area contributed by atoms with Gasteiger partial charge in [-0.25, -0.2) is 0 Å². The molecule has 3 N–H and O–H groups in total. The quantitative estimate of drug-likeness (QED) is 0.599. The predicted octanol–water partition coefficient (Wildman–Crippen LogP) is 5.28. The van der Waals surface area contributed by atoms with Gasteiger partial charge in [-0.3, -0.25) is 4.79 Å². The number of aromatic hydroxyl groups is 1. The van der Waals surface area contributed by atoms with Crippen LogP contribution >= 0.6 is 11.6 Å². The fraction of sp³-hybridized carbons (Fsp3) is 0.150. The Bertz CT molecular complexity index is 1090. The van der Waals surface area contributed by atoms with Crippen LogP contribution in [-0.2, 0) is 6.18 Å². The van der Waals surface area contributed by atoms with E-state index in [-0.39, 0.29) is 11.3 Å². The zero-order chi connectivity index (χ0) is 21.5. The van der Waals surface area contributed by atoms with Crippen LogP contribution in [0, 0.1) is 0 Å². The largest absolute Gasteiger partial charge is 0.504 e. The van der Waals surface area contributed by atoms with Crippen molar-refractivity contribution in [3.05, 3.63) is 58.6 Å². The summed E-state index contributed by atoms with van der Waals surface area (Å²) in [6.45, 7) is 0. The number of hydrogen-bond acceptors (Lipinski definition) is 4. The van der Waals surface area contributed by atoms with Crippen LogP contribution in [-0.4, -0.2) is 30.0 Å². The van der Waals surface area contributed by atoms with E-state index in [0.717, 1.165) is 17.0 Å². The maximum Gasteiger partial charge on any atom is 0.417 e. The molecule has 9 heteroatoms. The predicted molar refractivity (Wildman–Crippen MR) is 104 cm³/mol. The van der Waals surface area contributed by atoms with E-state index in [1.54, 1.807) is 18.2 Å². The van der Waals surface area contributed by atoms with Crippen molar-refractivity contribution in [2.45, 2.75) is 6.18 Å². The molecule has 2 aromatic carbocycles. The fourth-order valence-corrected chi connectivity index (χ4v) is 3.20. The van der Waals surface area contributed by atoms with Crippen molar-refractivity contribution in [1.82, 2.24) is 4.90 Å². The molecule has 0 aliphatic carbocycles. The number of nitrogens with two attached hydrogens (primary N) is 1. The summed E-state index contributed by atoms with van der Waals surface area (Å²) in [4.78, 5) is 13.4. The number of hydrogen-bond donors (Lipinski definition) is 2. The molecule has 0 atom stereocenters. The summed E-state index contributed by atoms with van der Waals surface area (Å²) in [5.41, 5.74) is 3.58. The van der Waals surface area contributed by atoms with Crippen LogP contribution in [0.1, 0.15) is 15.9 Å². The van der Waals surface area contributed by atoms with E-state index in [1.807, 2.05) is 0 Å². The first-order valence-corrected chi connectivity index (χ1v) is 8.69. The number of halogens is 4. The van der Waals surface area contributed by atoms with E-state index in [1.165, 1.54) is 26.2 Å². The Labute approximate surface area is 169 Å². The van der Waals surface area contributed by atoms with Gasteiger partial charge in [-0.05, 0) is 18.2 Å². The normalized spacial score (nSPS) is 11.5. The maximum atomic E-state index is 13.9. The third-order valence-electron chi connectivity index (χ3n) is 4.25. The number of alkyl halides is 3. The number of nitrogens with zero attached hydrogens (tertiary/aromatic N) is 1. The van der Waals surface area contributed by atoms with Gasteiger partial charge in [0, 0.05) is 30.2 Å². The molecule has 3 aromatic rings. The molecule has 0 spiro atoms. The lowest BCUT2D eigenvalue weighted by Gasteiger charge is -2.19. The number of furan rings is 1. The average molecular weight is 425 g/mol. The van der Waals surface area contributed by atoms with Crippen molar-refractivity contribution < 1.29 is 27.5 Å². The highest BCUT2D eigenvalue weighted by Gasteiger charge is 2.40. The van der Waals surface area contributed by atoms with Crippen molar-refractivity contribution >= 4 is 23.4 Å². The van der Waals surface area contributed by atoms with Crippen molar-refractivity contribution in [1.29, 1.82) is 0 Å². The molecule has 0 aliphatic rings. The zero-order valence-corrected chi connectivity index (χ0v) is 16.1. The first-order valence-electron chi connectivity index (χ1n) is 8.31. The molecule has 0 saturated carbocycles. The Hall–Kier alpha value is -3.13. The number of benzene rings is 2. The van der Waals surface area contributed by atoms with Crippen LogP contribution in [0.25, 0.3) is 22.5 Å². The molecule has 0 radical (unpaired) electrons. The Morgan fingerprint density at radius 3 is 2.41 bits per heavy atom. The van der Waals surface area contributed by atoms with Crippen molar-refractivity contribution in [3.63, 3.8) is 0 Å².